The average molecular weight is 215 g/mol. The Hall–Kier alpha value is -2.30. The number of nitrogen functional groups attached to an aromatic ring is 2. The number of hydrogen-bond donors (Lipinski definition) is 3. The maximum atomic E-state index is 5.71. The van der Waals surface area contributed by atoms with Gasteiger partial charge in [-0.15, -0.1) is 0 Å². The molecule has 1 aromatic carbocycles. The normalized spacial score (nSPS) is 10.0. The van der Waals surface area contributed by atoms with Crippen molar-refractivity contribution in [2.45, 2.75) is 6.54 Å². The van der Waals surface area contributed by atoms with E-state index in [9.17, 15) is 0 Å². The molecule has 1 aromatic heterocycles. The van der Waals surface area contributed by atoms with E-state index >= 15 is 0 Å². The zero-order chi connectivity index (χ0) is 11.4. The summed E-state index contributed by atoms with van der Waals surface area (Å²) in [6.07, 6.45) is 1.63. The highest BCUT2D eigenvalue weighted by molar-refractivity contribution is 5.47. The van der Waals surface area contributed by atoms with Crippen LogP contribution in [0.4, 0.5) is 17.5 Å². The molecular formula is C11H13N5. The second-order valence-electron chi connectivity index (χ2n) is 3.36. The van der Waals surface area contributed by atoms with Gasteiger partial charge in [-0.2, -0.15) is 4.98 Å². The number of para-hydroxylation sites is 1. The van der Waals surface area contributed by atoms with E-state index in [4.69, 9.17) is 11.5 Å². The minimum absolute atomic E-state index is 0.195. The Morgan fingerprint density at radius 2 is 1.88 bits per heavy atom. The molecule has 16 heavy (non-hydrogen) atoms. The fourth-order valence-electron chi connectivity index (χ4n) is 1.32. The molecule has 0 radical (unpaired) electrons. The summed E-state index contributed by atoms with van der Waals surface area (Å²) >= 11 is 0. The molecule has 0 aliphatic carbocycles. The van der Waals surface area contributed by atoms with E-state index in [2.05, 4.69) is 15.3 Å². The summed E-state index contributed by atoms with van der Waals surface area (Å²) in [6.45, 7) is 0.579. The number of benzene rings is 1. The van der Waals surface area contributed by atoms with Gasteiger partial charge < -0.3 is 16.8 Å². The summed E-state index contributed by atoms with van der Waals surface area (Å²) in [5.74, 6) is 0.608. The van der Waals surface area contributed by atoms with Gasteiger partial charge in [-0.25, -0.2) is 4.98 Å². The maximum absolute atomic E-state index is 5.71. The fourth-order valence-corrected chi connectivity index (χ4v) is 1.32. The quantitative estimate of drug-likeness (QED) is 0.717. The maximum Gasteiger partial charge on any atom is 0.221 e. The first kappa shape index (κ1) is 10.2. The van der Waals surface area contributed by atoms with Crippen LogP contribution < -0.4 is 16.8 Å². The third kappa shape index (κ3) is 2.38. The molecule has 0 saturated carbocycles. The molecule has 2 rings (SSSR count). The summed E-state index contributed by atoms with van der Waals surface area (Å²) < 4.78 is 0. The van der Waals surface area contributed by atoms with Crippen LogP contribution in [0.25, 0.3) is 0 Å². The smallest absolute Gasteiger partial charge is 0.221 e. The van der Waals surface area contributed by atoms with E-state index in [1.54, 1.807) is 6.20 Å². The van der Waals surface area contributed by atoms with Gasteiger partial charge in [-0.3, -0.25) is 0 Å². The van der Waals surface area contributed by atoms with Crippen molar-refractivity contribution < 1.29 is 0 Å². The molecule has 0 aliphatic rings. The summed E-state index contributed by atoms with van der Waals surface area (Å²) in [5, 5.41) is 3.22. The second kappa shape index (κ2) is 4.48. The van der Waals surface area contributed by atoms with Crippen LogP contribution in [0.15, 0.2) is 36.5 Å². The number of aromatic nitrogens is 2. The summed E-state index contributed by atoms with van der Waals surface area (Å²) in [7, 11) is 0. The zero-order valence-electron chi connectivity index (χ0n) is 8.72. The van der Waals surface area contributed by atoms with Crippen LogP contribution in [0, 0.1) is 0 Å². The first-order chi connectivity index (χ1) is 7.75. The Bertz CT molecular complexity index is 469. The summed E-state index contributed by atoms with van der Waals surface area (Å²) in [4.78, 5) is 7.79. The lowest BCUT2D eigenvalue weighted by Crippen LogP contribution is -2.07. The molecule has 82 valence electrons. The largest absolute Gasteiger partial charge is 0.383 e. The molecular weight excluding hydrogens is 202 g/mol. The van der Waals surface area contributed by atoms with E-state index < -0.39 is 0 Å². The third-order valence-corrected chi connectivity index (χ3v) is 2.17. The molecule has 0 atom stereocenters. The van der Waals surface area contributed by atoms with Gasteiger partial charge in [-0.05, 0) is 12.1 Å². The number of nitrogens with one attached hydrogen (secondary N) is 1. The van der Waals surface area contributed by atoms with Crippen LogP contribution >= 0.6 is 0 Å². The Labute approximate surface area is 93.5 Å². The van der Waals surface area contributed by atoms with Crippen molar-refractivity contribution in [3.05, 3.63) is 42.1 Å². The number of anilines is 3. The van der Waals surface area contributed by atoms with Gasteiger partial charge in [0.05, 0.1) is 0 Å². The number of nitrogens with two attached hydrogens (primary N) is 2. The minimum atomic E-state index is 0.195. The number of hydrogen-bond acceptors (Lipinski definition) is 5. The van der Waals surface area contributed by atoms with E-state index in [1.807, 2.05) is 30.3 Å². The van der Waals surface area contributed by atoms with Crippen molar-refractivity contribution in [3.63, 3.8) is 0 Å². The van der Waals surface area contributed by atoms with E-state index in [0.29, 0.717) is 12.4 Å². The molecule has 5 heteroatoms. The van der Waals surface area contributed by atoms with Gasteiger partial charge in [0.1, 0.15) is 5.82 Å². The van der Waals surface area contributed by atoms with Crippen molar-refractivity contribution in [1.82, 2.24) is 9.97 Å². The van der Waals surface area contributed by atoms with Gasteiger partial charge in [0.15, 0.2) is 0 Å². The summed E-state index contributed by atoms with van der Waals surface area (Å²) in [5.41, 5.74) is 13.0. The van der Waals surface area contributed by atoms with E-state index in [1.165, 1.54) is 0 Å². The molecule has 1 heterocycles. The van der Waals surface area contributed by atoms with Crippen LogP contribution in [-0.4, -0.2) is 9.97 Å². The third-order valence-electron chi connectivity index (χ3n) is 2.17. The fraction of sp³-hybridized carbons (Fsp3) is 0.0909. The highest BCUT2D eigenvalue weighted by atomic mass is 15.0. The van der Waals surface area contributed by atoms with Gasteiger partial charge >= 0.3 is 0 Å². The Morgan fingerprint density at radius 3 is 2.56 bits per heavy atom. The molecule has 0 saturated heterocycles. The predicted octanol–water partition coefficient (Wildman–Crippen LogP) is 1.25. The molecule has 0 spiro atoms. The molecule has 2 aromatic rings. The molecule has 0 unspecified atom stereocenters. The van der Waals surface area contributed by atoms with E-state index in [0.717, 1.165) is 11.3 Å². The topological polar surface area (TPSA) is 89.8 Å². The van der Waals surface area contributed by atoms with Gasteiger partial charge in [0, 0.05) is 24.0 Å². The SMILES string of the molecule is Nc1ncc(CNc2ccccc2)c(N)n1. The summed E-state index contributed by atoms with van der Waals surface area (Å²) in [6, 6.07) is 9.85. The van der Waals surface area contributed by atoms with Crippen LogP contribution in [-0.2, 0) is 6.54 Å². The molecule has 0 amide bonds. The Kier molecular flexibility index (Phi) is 2.86. The molecule has 5 N–H and O–H groups in total. The lowest BCUT2D eigenvalue weighted by Gasteiger charge is -2.07. The Balaban J connectivity index is 2.05. The molecule has 5 nitrogen and oxygen atoms in total. The first-order valence-electron chi connectivity index (χ1n) is 4.91. The van der Waals surface area contributed by atoms with Crippen molar-refractivity contribution in [2.24, 2.45) is 0 Å². The minimum Gasteiger partial charge on any atom is -0.383 e. The second-order valence-corrected chi connectivity index (χ2v) is 3.36. The van der Waals surface area contributed by atoms with Gasteiger partial charge in [0.2, 0.25) is 5.95 Å². The van der Waals surface area contributed by atoms with Crippen LogP contribution in [0.5, 0.6) is 0 Å². The van der Waals surface area contributed by atoms with Crippen molar-refractivity contribution in [3.8, 4) is 0 Å². The highest BCUT2D eigenvalue weighted by Gasteiger charge is 2.01. The predicted molar refractivity (Wildman–Crippen MR) is 64.6 cm³/mol. The monoisotopic (exact) mass is 215 g/mol. The first-order valence-corrected chi connectivity index (χ1v) is 4.91. The van der Waals surface area contributed by atoms with Crippen LogP contribution in [0.3, 0.4) is 0 Å². The zero-order valence-corrected chi connectivity index (χ0v) is 8.72. The van der Waals surface area contributed by atoms with Crippen molar-refractivity contribution >= 4 is 17.5 Å². The number of rotatable bonds is 3. The standard InChI is InChI=1S/C11H13N5/c12-10-8(7-15-11(13)16-10)6-14-9-4-2-1-3-5-9/h1-5,7,14H,6H2,(H4,12,13,15,16). The lowest BCUT2D eigenvalue weighted by molar-refractivity contribution is 1.07. The molecule has 0 fully saturated rings. The molecule has 0 bridgehead atoms. The van der Waals surface area contributed by atoms with Crippen molar-refractivity contribution in [2.75, 3.05) is 16.8 Å². The lowest BCUT2D eigenvalue weighted by atomic mass is 10.2. The Morgan fingerprint density at radius 1 is 1.12 bits per heavy atom. The highest BCUT2D eigenvalue weighted by Crippen LogP contribution is 2.12. The van der Waals surface area contributed by atoms with Gasteiger partial charge in [-0.1, -0.05) is 18.2 Å². The van der Waals surface area contributed by atoms with Crippen LogP contribution in [0.2, 0.25) is 0 Å². The average Bonchev–Trinajstić information content (AvgIpc) is 2.29. The molecule has 0 aliphatic heterocycles. The number of nitrogens with zero attached hydrogens (tertiary/aromatic N) is 2. The van der Waals surface area contributed by atoms with E-state index in [-0.39, 0.29) is 5.95 Å². The van der Waals surface area contributed by atoms with Crippen LogP contribution in [0.1, 0.15) is 5.56 Å². The van der Waals surface area contributed by atoms with Gasteiger partial charge in [0.25, 0.3) is 0 Å². The van der Waals surface area contributed by atoms with Crippen molar-refractivity contribution in [1.29, 1.82) is 0 Å².